The number of carbonyl (C=O) groups is 1. The lowest BCUT2D eigenvalue weighted by Gasteiger charge is -2.36. The van der Waals surface area contributed by atoms with Crippen molar-refractivity contribution in [3.63, 3.8) is 0 Å². The van der Waals surface area contributed by atoms with E-state index in [1.54, 1.807) is 34.5 Å². The summed E-state index contributed by atoms with van der Waals surface area (Å²) in [5.41, 5.74) is 1.92. The van der Waals surface area contributed by atoms with E-state index in [-0.39, 0.29) is 5.91 Å². The second kappa shape index (κ2) is 10.8. The van der Waals surface area contributed by atoms with Gasteiger partial charge in [-0.05, 0) is 18.2 Å². The van der Waals surface area contributed by atoms with E-state index in [2.05, 4.69) is 21.2 Å². The first-order valence-corrected chi connectivity index (χ1v) is 10.3. The molecule has 1 amide bonds. The Morgan fingerprint density at radius 2 is 1.45 bits per heavy atom. The van der Waals surface area contributed by atoms with Crippen LogP contribution in [0, 0.1) is 0 Å². The number of rotatable bonds is 9. The number of hydrogen-bond acceptors (Lipinski definition) is 7. The van der Waals surface area contributed by atoms with Crippen LogP contribution < -0.4 is 29.2 Å². The Balaban J connectivity index is 1.52. The molecule has 1 saturated heterocycles. The predicted molar refractivity (Wildman–Crippen MR) is 120 cm³/mol. The monoisotopic (exact) mass is 429 g/mol. The molecule has 168 valence electrons. The molecular weight excluding hydrogens is 398 g/mol. The Morgan fingerprint density at radius 3 is 2.10 bits per heavy atom. The van der Waals surface area contributed by atoms with Crippen LogP contribution in [-0.4, -0.2) is 72.0 Å². The molecule has 8 nitrogen and oxygen atoms in total. The SMILES string of the molecule is COc1cc(OC)c(OC)cc1CNC(=O)CN1CCN(c2ccccc2OC)CC1. The minimum absolute atomic E-state index is 0.0254. The number of hydrogen-bond donors (Lipinski definition) is 1. The third-order valence-corrected chi connectivity index (χ3v) is 5.43. The van der Waals surface area contributed by atoms with Gasteiger partial charge in [0.1, 0.15) is 11.5 Å². The van der Waals surface area contributed by atoms with Crippen molar-refractivity contribution >= 4 is 11.6 Å². The maximum Gasteiger partial charge on any atom is 0.234 e. The molecule has 0 bridgehead atoms. The maximum absolute atomic E-state index is 12.5. The highest BCUT2D eigenvalue weighted by Gasteiger charge is 2.21. The van der Waals surface area contributed by atoms with Crippen LogP contribution in [0.3, 0.4) is 0 Å². The summed E-state index contributed by atoms with van der Waals surface area (Å²) in [7, 11) is 6.43. The molecule has 2 aromatic carbocycles. The molecule has 3 rings (SSSR count). The first-order valence-electron chi connectivity index (χ1n) is 10.3. The minimum Gasteiger partial charge on any atom is -0.496 e. The molecule has 0 atom stereocenters. The molecule has 8 heteroatoms. The largest absolute Gasteiger partial charge is 0.496 e. The van der Waals surface area contributed by atoms with Crippen LogP contribution in [0.15, 0.2) is 36.4 Å². The molecule has 0 radical (unpaired) electrons. The van der Waals surface area contributed by atoms with E-state index in [1.807, 2.05) is 24.3 Å². The smallest absolute Gasteiger partial charge is 0.234 e. The molecule has 2 aromatic rings. The lowest BCUT2D eigenvalue weighted by Crippen LogP contribution is -2.49. The predicted octanol–water partition coefficient (Wildman–Crippen LogP) is 2.16. The molecule has 1 aliphatic heterocycles. The van der Waals surface area contributed by atoms with Gasteiger partial charge in [-0.2, -0.15) is 0 Å². The second-order valence-electron chi connectivity index (χ2n) is 7.23. The van der Waals surface area contributed by atoms with Gasteiger partial charge in [-0.3, -0.25) is 9.69 Å². The van der Waals surface area contributed by atoms with Crippen LogP contribution in [0.4, 0.5) is 5.69 Å². The molecule has 1 aliphatic rings. The number of carbonyl (C=O) groups excluding carboxylic acids is 1. The number of ether oxygens (including phenoxy) is 4. The summed E-state index contributed by atoms with van der Waals surface area (Å²) in [6.07, 6.45) is 0. The molecule has 0 saturated carbocycles. The number of piperazine rings is 1. The fourth-order valence-corrected chi connectivity index (χ4v) is 3.72. The Kier molecular flexibility index (Phi) is 7.83. The highest BCUT2D eigenvalue weighted by molar-refractivity contribution is 5.78. The van der Waals surface area contributed by atoms with Crippen LogP contribution in [0.1, 0.15) is 5.56 Å². The van der Waals surface area contributed by atoms with Gasteiger partial charge >= 0.3 is 0 Å². The molecule has 1 heterocycles. The van der Waals surface area contributed by atoms with Crippen molar-refractivity contribution in [1.29, 1.82) is 0 Å². The molecule has 31 heavy (non-hydrogen) atoms. The molecule has 0 aromatic heterocycles. The average molecular weight is 430 g/mol. The van der Waals surface area contributed by atoms with Gasteiger partial charge in [-0.1, -0.05) is 12.1 Å². The van der Waals surface area contributed by atoms with Gasteiger partial charge in [0, 0.05) is 44.4 Å². The highest BCUT2D eigenvalue weighted by atomic mass is 16.5. The number of amides is 1. The van der Waals surface area contributed by atoms with Gasteiger partial charge in [0.15, 0.2) is 11.5 Å². The lowest BCUT2D eigenvalue weighted by molar-refractivity contribution is -0.122. The van der Waals surface area contributed by atoms with E-state index in [9.17, 15) is 4.79 Å². The summed E-state index contributed by atoms with van der Waals surface area (Å²) in [5, 5.41) is 2.98. The summed E-state index contributed by atoms with van der Waals surface area (Å²) in [5.74, 6) is 2.67. The van der Waals surface area contributed by atoms with Crippen LogP contribution in [0.2, 0.25) is 0 Å². The van der Waals surface area contributed by atoms with E-state index in [1.165, 1.54) is 0 Å². The Labute approximate surface area is 183 Å². The van der Waals surface area contributed by atoms with E-state index in [4.69, 9.17) is 18.9 Å². The first-order chi connectivity index (χ1) is 15.1. The summed E-state index contributed by atoms with van der Waals surface area (Å²) < 4.78 is 21.6. The van der Waals surface area contributed by atoms with Crippen molar-refractivity contribution < 1.29 is 23.7 Å². The average Bonchev–Trinajstić information content (AvgIpc) is 2.82. The van der Waals surface area contributed by atoms with Gasteiger partial charge in [-0.25, -0.2) is 0 Å². The van der Waals surface area contributed by atoms with Gasteiger partial charge < -0.3 is 29.2 Å². The second-order valence-corrected chi connectivity index (χ2v) is 7.23. The molecule has 0 aliphatic carbocycles. The normalized spacial score (nSPS) is 14.1. The van der Waals surface area contributed by atoms with Crippen LogP contribution in [0.5, 0.6) is 23.0 Å². The third kappa shape index (κ3) is 5.52. The molecule has 0 unspecified atom stereocenters. The van der Waals surface area contributed by atoms with Crippen molar-refractivity contribution in [2.75, 3.05) is 66.1 Å². The van der Waals surface area contributed by atoms with E-state index < -0.39 is 0 Å². The summed E-state index contributed by atoms with van der Waals surface area (Å²) in [4.78, 5) is 17.0. The standard InChI is InChI=1S/C23H31N3O5/c1-28-19-8-6-5-7-18(19)26-11-9-25(10-12-26)16-23(27)24-15-17-13-21(30-3)22(31-4)14-20(17)29-2/h5-8,13-14H,9-12,15-16H2,1-4H3,(H,24,27). The molecular formula is C23H31N3O5. The van der Waals surface area contributed by atoms with E-state index >= 15 is 0 Å². The molecule has 1 fully saturated rings. The fraction of sp³-hybridized carbons (Fsp3) is 0.435. The lowest BCUT2D eigenvalue weighted by atomic mass is 10.1. The van der Waals surface area contributed by atoms with Crippen LogP contribution >= 0.6 is 0 Å². The first kappa shape index (κ1) is 22.6. The summed E-state index contributed by atoms with van der Waals surface area (Å²) in [6, 6.07) is 11.6. The van der Waals surface area contributed by atoms with Gasteiger partial charge in [0.05, 0.1) is 40.7 Å². The zero-order valence-electron chi connectivity index (χ0n) is 18.6. The Hall–Kier alpha value is -3.13. The van der Waals surface area contributed by atoms with Crippen molar-refractivity contribution in [3.8, 4) is 23.0 Å². The van der Waals surface area contributed by atoms with E-state index in [0.29, 0.717) is 30.3 Å². The van der Waals surface area contributed by atoms with Gasteiger partial charge in [-0.15, -0.1) is 0 Å². The Bertz CT molecular complexity index is 882. The highest BCUT2D eigenvalue weighted by Crippen LogP contribution is 2.34. The van der Waals surface area contributed by atoms with E-state index in [0.717, 1.165) is 43.2 Å². The van der Waals surface area contributed by atoms with Crippen molar-refractivity contribution in [3.05, 3.63) is 42.0 Å². The zero-order chi connectivity index (χ0) is 22.2. The topological polar surface area (TPSA) is 72.5 Å². The number of nitrogens with one attached hydrogen (secondary N) is 1. The van der Waals surface area contributed by atoms with Crippen molar-refractivity contribution in [2.45, 2.75) is 6.54 Å². The van der Waals surface area contributed by atoms with Crippen molar-refractivity contribution in [1.82, 2.24) is 10.2 Å². The maximum atomic E-state index is 12.5. The number of anilines is 1. The quantitative estimate of drug-likeness (QED) is 0.655. The van der Waals surface area contributed by atoms with Gasteiger partial charge in [0.2, 0.25) is 5.91 Å². The zero-order valence-corrected chi connectivity index (χ0v) is 18.6. The number of benzene rings is 2. The van der Waals surface area contributed by atoms with Crippen LogP contribution in [-0.2, 0) is 11.3 Å². The number of para-hydroxylation sites is 2. The summed E-state index contributed by atoms with van der Waals surface area (Å²) >= 11 is 0. The Morgan fingerprint density at radius 1 is 0.839 bits per heavy atom. The minimum atomic E-state index is -0.0254. The molecule has 0 spiro atoms. The number of methoxy groups -OCH3 is 4. The van der Waals surface area contributed by atoms with Gasteiger partial charge in [0.25, 0.3) is 0 Å². The van der Waals surface area contributed by atoms with Crippen LogP contribution in [0.25, 0.3) is 0 Å². The third-order valence-electron chi connectivity index (χ3n) is 5.43. The fourth-order valence-electron chi connectivity index (χ4n) is 3.72. The van der Waals surface area contributed by atoms with Crippen molar-refractivity contribution in [2.24, 2.45) is 0 Å². The molecule has 1 N–H and O–H groups in total. The number of nitrogens with zero attached hydrogens (tertiary/aromatic N) is 2. The summed E-state index contributed by atoms with van der Waals surface area (Å²) in [6.45, 7) is 4.02.